The lowest BCUT2D eigenvalue weighted by Gasteiger charge is -2.37. The minimum atomic E-state index is -1.91. The zero-order valence-electron chi connectivity index (χ0n) is 34.6. The maximum absolute atomic E-state index is 12.3. The minimum absolute atomic E-state index is 0.195. The molecule has 3 heterocycles. The first-order valence-electron chi connectivity index (χ1n) is 19.7. The van der Waals surface area contributed by atoms with Gasteiger partial charge in [0, 0.05) is 42.5 Å². The Morgan fingerprint density at radius 1 is 0.845 bits per heavy atom. The third-order valence-corrected chi connectivity index (χ3v) is 13.4. The number of hydrogen-bond acceptors (Lipinski definition) is 12. The molecule has 1 aromatic heterocycles. The van der Waals surface area contributed by atoms with Crippen LogP contribution in [0, 0.1) is 0 Å². The van der Waals surface area contributed by atoms with Crippen LogP contribution in [0.2, 0.25) is 0 Å². The molecule has 2 fully saturated rings. The van der Waals surface area contributed by atoms with Crippen LogP contribution in [0.15, 0.2) is 101 Å². The second kappa shape index (κ2) is 24.2. The van der Waals surface area contributed by atoms with Gasteiger partial charge in [-0.2, -0.15) is 0 Å². The molecule has 3 atom stereocenters. The Hall–Kier alpha value is -3.17. The minimum Gasteiger partial charge on any atom is -0.497 e. The van der Waals surface area contributed by atoms with E-state index in [1.807, 2.05) is 128 Å². The number of ether oxygens (including phenoxy) is 5. The van der Waals surface area contributed by atoms with E-state index >= 15 is 0 Å². The number of rotatable bonds is 15. The molecular formula is C43H60N3O9PS2. The first-order chi connectivity index (χ1) is 27.9. The highest BCUT2D eigenvalue weighted by Gasteiger charge is 2.40. The molecule has 0 bridgehead atoms. The first-order valence-corrected chi connectivity index (χ1v) is 23.4. The van der Waals surface area contributed by atoms with E-state index < -0.39 is 31.6 Å². The summed E-state index contributed by atoms with van der Waals surface area (Å²) in [5.41, 5.74) is 0.953. The molecule has 0 aliphatic carbocycles. The van der Waals surface area contributed by atoms with Gasteiger partial charge in [-0.05, 0) is 94.3 Å². The Balaban J connectivity index is 0.000000304. The molecule has 15 heteroatoms. The smallest absolute Gasteiger partial charge is 0.330 e. The van der Waals surface area contributed by atoms with Gasteiger partial charge in [-0.15, -0.1) is 0 Å². The maximum atomic E-state index is 12.3. The fourth-order valence-electron chi connectivity index (χ4n) is 6.83. The molecule has 2 aliphatic heterocycles. The van der Waals surface area contributed by atoms with Gasteiger partial charge in [-0.25, -0.2) is 9.46 Å². The summed E-state index contributed by atoms with van der Waals surface area (Å²) in [6.07, 6.45) is 5.02. The SMILES string of the molecule is CC(C)N(C(C)C)P(O)O.CCCO[C@H]1CCSSC1.COc1ccc(C(OC[C@@H]2CC[C@H](n3ccc(=O)[nH]c3=O)O2)(c2ccccc2)c2ccc(OC)cc2)cc1. The summed E-state index contributed by atoms with van der Waals surface area (Å²) in [6.45, 7) is 11.2. The lowest BCUT2D eigenvalue weighted by Crippen LogP contribution is -2.36. The average molecular weight is 858 g/mol. The van der Waals surface area contributed by atoms with Crippen molar-refractivity contribution in [3.63, 3.8) is 0 Å². The number of H-pyrrole nitrogens is 1. The van der Waals surface area contributed by atoms with E-state index in [1.165, 1.54) is 34.8 Å². The van der Waals surface area contributed by atoms with Crippen LogP contribution in [0.25, 0.3) is 0 Å². The highest BCUT2D eigenvalue weighted by atomic mass is 33.1. The van der Waals surface area contributed by atoms with E-state index in [-0.39, 0.29) is 24.8 Å². The van der Waals surface area contributed by atoms with Gasteiger partial charge in [0.25, 0.3) is 14.1 Å². The molecule has 0 saturated carbocycles. The van der Waals surface area contributed by atoms with Crippen LogP contribution in [0.3, 0.4) is 0 Å². The summed E-state index contributed by atoms with van der Waals surface area (Å²) in [4.78, 5) is 43.8. The molecule has 0 amide bonds. The Morgan fingerprint density at radius 3 is 1.90 bits per heavy atom. The van der Waals surface area contributed by atoms with Gasteiger partial charge >= 0.3 is 5.69 Å². The number of nitrogens with zero attached hydrogens (tertiary/aromatic N) is 2. The van der Waals surface area contributed by atoms with Crippen molar-refractivity contribution in [2.45, 2.75) is 96.4 Å². The quantitative estimate of drug-likeness (QED) is 0.0604. The van der Waals surface area contributed by atoms with Gasteiger partial charge < -0.3 is 33.5 Å². The zero-order valence-corrected chi connectivity index (χ0v) is 37.1. The molecule has 0 spiro atoms. The molecule has 4 aromatic rings. The summed E-state index contributed by atoms with van der Waals surface area (Å²) in [6, 6.07) is 27.5. The number of aromatic nitrogens is 2. The summed E-state index contributed by atoms with van der Waals surface area (Å²) >= 11 is 0. The van der Waals surface area contributed by atoms with Crippen molar-refractivity contribution in [1.29, 1.82) is 0 Å². The van der Waals surface area contributed by atoms with E-state index in [9.17, 15) is 9.59 Å². The summed E-state index contributed by atoms with van der Waals surface area (Å²) in [5.74, 6) is 3.95. The predicted molar refractivity (Wildman–Crippen MR) is 236 cm³/mol. The van der Waals surface area contributed by atoms with Crippen LogP contribution in [0.4, 0.5) is 0 Å². The standard InChI is InChI=1S/C30H30N2O6.C7H14OS2.C6H16NO2P/c1-35-24-12-8-22(9-13-24)30(21-6-4-3-5-7-21,23-10-14-25(36-2)15-11-23)37-20-26-16-17-28(38-26)32-19-18-27(33)31-29(32)34;1-2-4-8-7-3-5-9-10-6-7;1-5(2)7(6(3)4)10(8)9/h3-15,18-19,26,28H,16-17,20H2,1-2H3,(H,31,33,34);7H,2-6H2,1H3;5-6,8-9H,1-4H3/t26-,28+;7-;/m00./s1. The molecule has 6 rings (SSSR count). The van der Waals surface area contributed by atoms with Gasteiger partial charge in [-0.1, -0.05) is 83.1 Å². The van der Waals surface area contributed by atoms with Crippen molar-refractivity contribution in [2.75, 3.05) is 38.9 Å². The molecule has 3 aromatic carbocycles. The molecular weight excluding hydrogens is 798 g/mol. The predicted octanol–water partition coefficient (Wildman–Crippen LogP) is 8.12. The molecule has 12 nitrogen and oxygen atoms in total. The summed E-state index contributed by atoms with van der Waals surface area (Å²) in [7, 11) is 5.28. The Bertz CT molecular complexity index is 1810. The second-order valence-corrected chi connectivity index (χ2v) is 18.0. The molecule has 0 radical (unpaired) electrons. The van der Waals surface area contributed by atoms with Crippen LogP contribution in [-0.4, -0.2) is 87.2 Å². The molecule has 58 heavy (non-hydrogen) atoms. The highest BCUT2D eigenvalue weighted by Crippen LogP contribution is 2.43. The fourth-order valence-corrected chi connectivity index (χ4v) is 10.0. The lowest BCUT2D eigenvalue weighted by atomic mass is 9.80. The molecule has 2 aliphatic rings. The molecule has 0 unspecified atom stereocenters. The van der Waals surface area contributed by atoms with Gasteiger partial charge in [0.05, 0.1) is 33.0 Å². The highest BCUT2D eigenvalue weighted by molar-refractivity contribution is 8.76. The van der Waals surface area contributed by atoms with Crippen LogP contribution < -0.4 is 20.7 Å². The lowest BCUT2D eigenvalue weighted by molar-refractivity contribution is -0.0774. The fraction of sp³-hybridized carbons (Fsp3) is 0.488. The van der Waals surface area contributed by atoms with E-state index in [2.05, 4.69) is 11.9 Å². The van der Waals surface area contributed by atoms with Crippen LogP contribution in [0.5, 0.6) is 11.5 Å². The maximum Gasteiger partial charge on any atom is 0.330 e. The Kier molecular flexibility index (Phi) is 19.8. The van der Waals surface area contributed by atoms with Crippen molar-refractivity contribution in [2.24, 2.45) is 0 Å². The average Bonchev–Trinajstić information content (AvgIpc) is 3.70. The van der Waals surface area contributed by atoms with Gasteiger partial charge in [0.1, 0.15) is 23.3 Å². The van der Waals surface area contributed by atoms with Gasteiger partial charge in [-0.3, -0.25) is 14.3 Å². The van der Waals surface area contributed by atoms with Crippen molar-refractivity contribution < 1.29 is 33.5 Å². The number of nitrogens with one attached hydrogen (secondary N) is 1. The number of benzene rings is 3. The van der Waals surface area contributed by atoms with Crippen molar-refractivity contribution in [3.8, 4) is 11.5 Å². The van der Waals surface area contributed by atoms with Crippen molar-refractivity contribution in [3.05, 3.63) is 129 Å². The topological polar surface area (TPSA) is 145 Å². The second-order valence-electron chi connectivity index (χ2n) is 14.3. The van der Waals surface area contributed by atoms with Crippen molar-refractivity contribution in [1.82, 2.24) is 14.2 Å². The van der Waals surface area contributed by atoms with E-state index in [0.29, 0.717) is 18.9 Å². The molecule has 3 N–H and O–H groups in total. The van der Waals surface area contributed by atoms with Crippen LogP contribution in [-0.2, 0) is 19.8 Å². The number of methoxy groups -OCH3 is 2. The largest absolute Gasteiger partial charge is 0.497 e. The van der Waals surface area contributed by atoms with E-state index in [4.69, 9.17) is 33.5 Å². The zero-order chi connectivity index (χ0) is 42.1. The third-order valence-electron chi connectivity index (χ3n) is 9.59. The molecule has 2 saturated heterocycles. The number of hydrogen-bond donors (Lipinski definition) is 3. The first kappa shape index (κ1) is 47.5. The Morgan fingerprint density at radius 2 is 1.43 bits per heavy atom. The summed E-state index contributed by atoms with van der Waals surface area (Å²) < 4.78 is 32.6. The monoisotopic (exact) mass is 857 g/mol. The van der Waals surface area contributed by atoms with Gasteiger partial charge in [0.15, 0.2) is 0 Å². The van der Waals surface area contributed by atoms with E-state index in [1.54, 1.807) is 18.9 Å². The normalized spacial score (nSPS) is 18.1. The summed E-state index contributed by atoms with van der Waals surface area (Å²) in [5, 5.41) is 0. The number of aromatic amines is 1. The molecule has 318 valence electrons. The third kappa shape index (κ3) is 13.4. The van der Waals surface area contributed by atoms with Crippen LogP contribution in [0.1, 0.15) is 83.2 Å². The van der Waals surface area contributed by atoms with Crippen molar-refractivity contribution >= 4 is 30.1 Å². The van der Waals surface area contributed by atoms with Crippen LogP contribution >= 0.6 is 30.1 Å². The Labute approximate surface area is 352 Å². The van der Waals surface area contributed by atoms with E-state index in [0.717, 1.165) is 41.2 Å². The van der Waals surface area contributed by atoms with Gasteiger partial charge in [0.2, 0.25) is 0 Å².